The van der Waals surface area contributed by atoms with Crippen molar-refractivity contribution in [2.75, 3.05) is 18.5 Å². The summed E-state index contributed by atoms with van der Waals surface area (Å²) >= 11 is 0. The van der Waals surface area contributed by atoms with Crippen molar-refractivity contribution in [3.63, 3.8) is 0 Å². The van der Waals surface area contributed by atoms with Crippen molar-refractivity contribution in [3.05, 3.63) is 59.2 Å². The van der Waals surface area contributed by atoms with Gasteiger partial charge in [-0.05, 0) is 43.5 Å². The van der Waals surface area contributed by atoms with Crippen molar-refractivity contribution < 1.29 is 19.1 Å². The number of carbonyl (C=O) groups is 2. The number of aryl methyl sites for hydroxylation is 3. The second-order valence-electron chi connectivity index (χ2n) is 5.77. The topological polar surface area (TPSA) is 64.6 Å². The van der Waals surface area contributed by atoms with Crippen molar-refractivity contribution in [2.45, 2.75) is 27.2 Å². The van der Waals surface area contributed by atoms with E-state index in [1.54, 1.807) is 12.1 Å². The molecule has 0 heterocycles. The molecule has 2 aromatic rings. The molecule has 0 bridgehead atoms. The molecule has 0 aromatic heterocycles. The average molecular weight is 341 g/mol. The van der Waals surface area contributed by atoms with Gasteiger partial charge in [0.25, 0.3) is 5.91 Å². The fourth-order valence-corrected chi connectivity index (χ4v) is 2.34. The second-order valence-corrected chi connectivity index (χ2v) is 5.77. The first-order valence-corrected chi connectivity index (χ1v) is 8.23. The first-order valence-electron chi connectivity index (χ1n) is 8.23. The molecule has 0 aliphatic carbocycles. The highest BCUT2D eigenvalue weighted by Gasteiger charge is 2.11. The van der Waals surface area contributed by atoms with Gasteiger partial charge in [-0.25, -0.2) is 4.79 Å². The first kappa shape index (κ1) is 18.5. The van der Waals surface area contributed by atoms with E-state index in [0.29, 0.717) is 5.75 Å². The van der Waals surface area contributed by atoms with Crippen LogP contribution in [0.1, 0.15) is 23.6 Å². The molecular formula is C20H23NO4. The van der Waals surface area contributed by atoms with Gasteiger partial charge in [0.15, 0.2) is 13.2 Å². The van der Waals surface area contributed by atoms with Gasteiger partial charge in [-0.1, -0.05) is 42.8 Å². The molecule has 0 aliphatic rings. The van der Waals surface area contributed by atoms with Crippen molar-refractivity contribution in [3.8, 4) is 5.75 Å². The average Bonchev–Trinajstić information content (AvgIpc) is 2.61. The highest BCUT2D eigenvalue weighted by atomic mass is 16.6. The summed E-state index contributed by atoms with van der Waals surface area (Å²) < 4.78 is 10.3. The fourth-order valence-electron chi connectivity index (χ4n) is 2.34. The lowest BCUT2D eigenvalue weighted by molar-refractivity contribution is -0.149. The summed E-state index contributed by atoms with van der Waals surface area (Å²) in [6.07, 6.45) is 0.807. The summed E-state index contributed by atoms with van der Waals surface area (Å²) in [5.74, 6) is -0.372. The van der Waals surface area contributed by atoms with E-state index in [1.165, 1.54) is 0 Å². The summed E-state index contributed by atoms with van der Waals surface area (Å²) in [6.45, 7) is 5.34. The number of amides is 1. The van der Waals surface area contributed by atoms with Crippen LogP contribution < -0.4 is 10.1 Å². The lowest BCUT2D eigenvalue weighted by Crippen LogP contribution is -2.24. The van der Waals surface area contributed by atoms with Crippen LogP contribution in [0.15, 0.2) is 42.5 Å². The Hall–Kier alpha value is -2.82. The second kappa shape index (κ2) is 8.87. The molecule has 2 rings (SSSR count). The number of hydrogen-bond donors (Lipinski definition) is 1. The number of rotatable bonds is 7. The van der Waals surface area contributed by atoms with Gasteiger partial charge in [-0.3, -0.25) is 4.79 Å². The molecule has 132 valence electrons. The highest BCUT2D eigenvalue weighted by molar-refractivity contribution is 5.94. The summed E-state index contributed by atoms with van der Waals surface area (Å²) in [5.41, 5.74) is 3.90. The molecule has 0 saturated heterocycles. The molecule has 0 aliphatic heterocycles. The lowest BCUT2D eigenvalue weighted by Gasteiger charge is -2.13. The zero-order valence-corrected chi connectivity index (χ0v) is 14.8. The van der Waals surface area contributed by atoms with Gasteiger partial charge in [0, 0.05) is 5.69 Å². The van der Waals surface area contributed by atoms with E-state index in [2.05, 4.69) is 5.32 Å². The summed E-state index contributed by atoms with van der Waals surface area (Å²) in [7, 11) is 0. The van der Waals surface area contributed by atoms with E-state index in [1.807, 2.05) is 51.1 Å². The highest BCUT2D eigenvalue weighted by Crippen LogP contribution is 2.20. The van der Waals surface area contributed by atoms with E-state index in [4.69, 9.17) is 9.47 Å². The van der Waals surface area contributed by atoms with Crippen LogP contribution in [0.5, 0.6) is 5.75 Å². The zero-order chi connectivity index (χ0) is 18.2. The van der Waals surface area contributed by atoms with Crippen LogP contribution in [0.25, 0.3) is 0 Å². The van der Waals surface area contributed by atoms with Gasteiger partial charge < -0.3 is 14.8 Å². The normalized spacial score (nSPS) is 10.2. The smallest absolute Gasteiger partial charge is 0.344 e. The van der Waals surface area contributed by atoms with Gasteiger partial charge >= 0.3 is 5.97 Å². The third kappa shape index (κ3) is 5.64. The minimum absolute atomic E-state index is 0.235. The maximum atomic E-state index is 12.0. The summed E-state index contributed by atoms with van der Waals surface area (Å²) in [4.78, 5) is 23.7. The molecule has 5 nitrogen and oxygen atoms in total. The Bertz CT molecular complexity index is 738. The van der Waals surface area contributed by atoms with Crippen LogP contribution in [0.2, 0.25) is 0 Å². The molecule has 1 amide bonds. The first-order chi connectivity index (χ1) is 12.0. The Morgan fingerprint density at radius 3 is 2.40 bits per heavy atom. The number of carbonyl (C=O) groups excluding carboxylic acids is 2. The van der Waals surface area contributed by atoms with E-state index in [9.17, 15) is 9.59 Å². The quantitative estimate of drug-likeness (QED) is 0.784. The van der Waals surface area contributed by atoms with Crippen molar-refractivity contribution in [1.82, 2.24) is 0 Å². The van der Waals surface area contributed by atoms with Crippen LogP contribution in [-0.4, -0.2) is 25.1 Å². The molecule has 2 aromatic carbocycles. The Kier molecular flexibility index (Phi) is 6.57. The molecule has 0 saturated carbocycles. The molecule has 0 fully saturated rings. The van der Waals surface area contributed by atoms with Gasteiger partial charge in [-0.2, -0.15) is 0 Å². The number of esters is 1. The maximum Gasteiger partial charge on any atom is 0.344 e. The molecular weight excluding hydrogens is 318 g/mol. The van der Waals surface area contributed by atoms with Crippen LogP contribution in [0.4, 0.5) is 5.69 Å². The molecule has 1 N–H and O–H groups in total. The minimum atomic E-state index is -0.587. The predicted molar refractivity (Wildman–Crippen MR) is 96.8 cm³/mol. The summed E-state index contributed by atoms with van der Waals surface area (Å²) in [5, 5.41) is 2.81. The van der Waals surface area contributed by atoms with E-state index >= 15 is 0 Å². The molecule has 0 atom stereocenters. The maximum absolute atomic E-state index is 12.0. The molecule has 0 spiro atoms. The van der Waals surface area contributed by atoms with Crippen LogP contribution in [-0.2, 0) is 20.7 Å². The number of benzene rings is 2. The third-order valence-corrected chi connectivity index (χ3v) is 3.75. The number of nitrogens with one attached hydrogen (secondary N) is 1. The van der Waals surface area contributed by atoms with Crippen molar-refractivity contribution in [1.29, 1.82) is 0 Å². The molecule has 5 heteroatoms. The number of anilines is 1. The van der Waals surface area contributed by atoms with Crippen LogP contribution in [0, 0.1) is 13.8 Å². The molecule has 0 radical (unpaired) electrons. The third-order valence-electron chi connectivity index (χ3n) is 3.75. The summed E-state index contributed by atoms with van der Waals surface area (Å²) in [6, 6.07) is 13.2. The van der Waals surface area contributed by atoms with E-state index in [0.717, 1.165) is 28.8 Å². The van der Waals surface area contributed by atoms with E-state index < -0.39 is 5.97 Å². The lowest BCUT2D eigenvalue weighted by atomic mass is 10.1. The largest absolute Gasteiger partial charge is 0.482 e. The fraction of sp³-hybridized carbons (Fsp3) is 0.300. The Morgan fingerprint density at radius 2 is 1.72 bits per heavy atom. The Morgan fingerprint density at radius 1 is 1.00 bits per heavy atom. The van der Waals surface area contributed by atoms with Gasteiger partial charge in [0.1, 0.15) is 5.75 Å². The minimum Gasteiger partial charge on any atom is -0.482 e. The van der Waals surface area contributed by atoms with Crippen LogP contribution in [0.3, 0.4) is 0 Å². The monoisotopic (exact) mass is 341 g/mol. The zero-order valence-electron chi connectivity index (χ0n) is 14.8. The SMILES string of the molecule is CCc1cccc(C)c1NC(=O)COC(=O)COc1ccc(C)cc1. The predicted octanol–water partition coefficient (Wildman–Crippen LogP) is 3.43. The number of para-hydroxylation sites is 1. The van der Waals surface area contributed by atoms with Gasteiger partial charge in [0.05, 0.1) is 0 Å². The Balaban J connectivity index is 1.80. The van der Waals surface area contributed by atoms with Crippen molar-refractivity contribution >= 4 is 17.6 Å². The van der Waals surface area contributed by atoms with Crippen LogP contribution >= 0.6 is 0 Å². The van der Waals surface area contributed by atoms with Gasteiger partial charge in [-0.15, -0.1) is 0 Å². The standard InChI is InChI=1S/C20H23NO4/c1-4-16-7-5-6-15(3)20(16)21-18(22)12-25-19(23)13-24-17-10-8-14(2)9-11-17/h5-11H,4,12-13H2,1-3H3,(H,21,22). The van der Waals surface area contributed by atoms with Crippen molar-refractivity contribution in [2.24, 2.45) is 0 Å². The molecule has 25 heavy (non-hydrogen) atoms. The molecule has 0 unspecified atom stereocenters. The number of ether oxygens (including phenoxy) is 2. The van der Waals surface area contributed by atoms with Gasteiger partial charge in [0.2, 0.25) is 0 Å². The Labute approximate surface area is 148 Å². The van der Waals surface area contributed by atoms with E-state index in [-0.39, 0.29) is 19.1 Å². The number of hydrogen-bond acceptors (Lipinski definition) is 4.